The Balaban J connectivity index is 2.16. The van der Waals surface area contributed by atoms with Gasteiger partial charge in [-0.2, -0.15) is 0 Å². The van der Waals surface area contributed by atoms with E-state index in [1.165, 1.54) is 0 Å². The Morgan fingerprint density at radius 1 is 0.808 bits per heavy atom. The van der Waals surface area contributed by atoms with Gasteiger partial charge in [-0.15, -0.1) is 0 Å². The van der Waals surface area contributed by atoms with Gasteiger partial charge in [-0.25, -0.2) is 0 Å². The maximum Gasteiger partial charge on any atom is 0.262 e. The maximum atomic E-state index is 12.6. The normalized spacial score (nSPS) is 11.3. The van der Waals surface area contributed by atoms with E-state index in [1.54, 1.807) is 0 Å². The third-order valence-electron chi connectivity index (χ3n) is 4.54. The largest absolute Gasteiger partial charge is 0.483 e. The first-order valence-corrected chi connectivity index (χ1v) is 9.45. The summed E-state index contributed by atoms with van der Waals surface area (Å²) in [6, 6.07) is 14.1. The van der Waals surface area contributed by atoms with Crippen LogP contribution in [0.5, 0.6) is 5.75 Å². The van der Waals surface area contributed by atoms with Crippen molar-refractivity contribution in [3.05, 3.63) is 59.2 Å². The molecule has 3 nitrogen and oxygen atoms in total. The van der Waals surface area contributed by atoms with Gasteiger partial charge >= 0.3 is 0 Å². The molecule has 26 heavy (non-hydrogen) atoms. The minimum Gasteiger partial charge on any atom is -0.483 e. The molecule has 1 N–H and O–H groups in total. The number of benzene rings is 2. The molecule has 0 heterocycles. The van der Waals surface area contributed by atoms with Gasteiger partial charge in [-0.05, 0) is 40.5 Å². The standard InChI is InChI=1S/C23H31NO2/c1-15(2)18-10-7-8-13-21(18)26-14-22(25)24-23-19(16(3)4)11-9-12-20(23)17(5)6/h7-13,15-17H,14H2,1-6H3,(H,24,25). The van der Waals surface area contributed by atoms with Crippen LogP contribution in [0.1, 0.15) is 76.0 Å². The maximum absolute atomic E-state index is 12.6. The lowest BCUT2D eigenvalue weighted by atomic mass is 9.92. The van der Waals surface area contributed by atoms with Crippen LogP contribution < -0.4 is 10.1 Å². The molecule has 2 aromatic rings. The van der Waals surface area contributed by atoms with Crippen LogP contribution in [0, 0.1) is 0 Å². The van der Waals surface area contributed by atoms with Crippen LogP contribution in [0.3, 0.4) is 0 Å². The number of carbonyl (C=O) groups excluding carboxylic acids is 1. The van der Waals surface area contributed by atoms with Gasteiger partial charge in [0.15, 0.2) is 6.61 Å². The van der Waals surface area contributed by atoms with E-state index in [9.17, 15) is 4.79 Å². The highest BCUT2D eigenvalue weighted by Gasteiger charge is 2.16. The van der Waals surface area contributed by atoms with Crippen LogP contribution in [0.4, 0.5) is 5.69 Å². The smallest absolute Gasteiger partial charge is 0.262 e. The highest BCUT2D eigenvalue weighted by atomic mass is 16.5. The molecule has 0 aliphatic rings. The van der Waals surface area contributed by atoms with Crippen LogP contribution in [0.25, 0.3) is 0 Å². The summed E-state index contributed by atoms with van der Waals surface area (Å²) in [5.74, 6) is 1.68. The molecule has 140 valence electrons. The lowest BCUT2D eigenvalue weighted by Crippen LogP contribution is -2.22. The molecule has 0 aliphatic carbocycles. The first-order chi connectivity index (χ1) is 12.3. The summed E-state index contributed by atoms with van der Waals surface area (Å²) < 4.78 is 5.82. The Morgan fingerprint density at radius 3 is 1.85 bits per heavy atom. The average molecular weight is 354 g/mol. The van der Waals surface area contributed by atoms with Gasteiger partial charge in [-0.1, -0.05) is 77.9 Å². The summed E-state index contributed by atoms with van der Waals surface area (Å²) in [6.45, 7) is 12.8. The second kappa shape index (κ2) is 8.88. The Labute approximate surface area is 157 Å². The zero-order valence-electron chi connectivity index (χ0n) is 16.8. The van der Waals surface area contributed by atoms with E-state index in [0.29, 0.717) is 17.8 Å². The summed E-state index contributed by atoms with van der Waals surface area (Å²) in [5, 5.41) is 3.10. The lowest BCUT2D eigenvalue weighted by Gasteiger charge is -2.20. The van der Waals surface area contributed by atoms with Crippen molar-refractivity contribution in [1.82, 2.24) is 0 Å². The number of amides is 1. The van der Waals surface area contributed by atoms with Gasteiger partial charge < -0.3 is 10.1 Å². The molecule has 0 aromatic heterocycles. The Bertz CT molecular complexity index is 721. The van der Waals surface area contributed by atoms with Gasteiger partial charge in [0.05, 0.1) is 0 Å². The van der Waals surface area contributed by atoms with E-state index in [-0.39, 0.29) is 12.5 Å². The highest BCUT2D eigenvalue weighted by molar-refractivity contribution is 5.93. The Morgan fingerprint density at radius 2 is 1.31 bits per heavy atom. The van der Waals surface area contributed by atoms with Crippen LogP contribution in [-0.4, -0.2) is 12.5 Å². The van der Waals surface area contributed by atoms with Crippen molar-refractivity contribution < 1.29 is 9.53 Å². The van der Waals surface area contributed by atoms with E-state index in [1.807, 2.05) is 24.3 Å². The van der Waals surface area contributed by atoms with Crippen molar-refractivity contribution in [3.63, 3.8) is 0 Å². The predicted molar refractivity (Wildman–Crippen MR) is 109 cm³/mol. The molecule has 0 bridgehead atoms. The van der Waals surface area contributed by atoms with Crippen LogP contribution in [-0.2, 0) is 4.79 Å². The molecule has 0 atom stereocenters. The van der Waals surface area contributed by atoms with Gasteiger partial charge in [0.2, 0.25) is 0 Å². The summed E-state index contributed by atoms with van der Waals surface area (Å²) >= 11 is 0. The lowest BCUT2D eigenvalue weighted by molar-refractivity contribution is -0.118. The number of nitrogens with one attached hydrogen (secondary N) is 1. The van der Waals surface area contributed by atoms with E-state index in [0.717, 1.165) is 28.1 Å². The topological polar surface area (TPSA) is 38.3 Å². The number of hydrogen-bond acceptors (Lipinski definition) is 2. The van der Waals surface area contributed by atoms with Crippen molar-refractivity contribution >= 4 is 11.6 Å². The second-order valence-electron chi connectivity index (χ2n) is 7.65. The van der Waals surface area contributed by atoms with Gasteiger partial charge in [0.25, 0.3) is 5.91 Å². The summed E-state index contributed by atoms with van der Waals surface area (Å²) in [5.41, 5.74) is 4.37. The summed E-state index contributed by atoms with van der Waals surface area (Å²) in [7, 11) is 0. The molecule has 2 rings (SSSR count). The van der Waals surface area contributed by atoms with Crippen LogP contribution in [0.15, 0.2) is 42.5 Å². The predicted octanol–water partition coefficient (Wildman–Crippen LogP) is 6.07. The molecular weight excluding hydrogens is 322 g/mol. The first kappa shape index (κ1) is 20.0. The minimum atomic E-state index is -0.126. The minimum absolute atomic E-state index is 0.00764. The molecular formula is C23H31NO2. The molecule has 3 heteroatoms. The van der Waals surface area contributed by atoms with Crippen molar-refractivity contribution in [3.8, 4) is 5.75 Å². The molecule has 1 amide bonds. The Kier molecular flexibility index (Phi) is 6.84. The quantitative estimate of drug-likeness (QED) is 0.655. The van der Waals surface area contributed by atoms with E-state index >= 15 is 0 Å². The van der Waals surface area contributed by atoms with Gasteiger partial charge in [0, 0.05) is 5.69 Å². The van der Waals surface area contributed by atoms with Gasteiger partial charge in [-0.3, -0.25) is 4.79 Å². The van der Waals surface area contributed by atoms with Crippen LogP contribution in [0.2, 0.25) is 0 Å². The van der Waals surface area contributed by atoms with Crippen LogP contribution >= 0.6 is 0 Å². The fourth-order valence-corrected chi connectivity index (χ4v) is 3.10. The molecule has 0 fully saturated rings. The SMILES string of the molecule is CC(C)c1ccccc1OCC(=O)Nc1c(C(C)C)cccc1C(C)C. The monoisotopic (exact) mass is 353 g/mol. The number of ether oxygens (including phenoxy) is 1. The average Bonchev–Trinajstić information content (AvgIpc) is 2.59. The zero-order valence-corrected chi connectivity index (χ0v) is 16.8. The molecule has 0 spiro atoms. The van der Waals surface area contributed by atoms with E-state index < -0.39 is 0 Å². The molecule has 0 radical (unpaired) electrons. The highest BCUT2D eigenvalue weighted by Crippen LogP contribution is 2.32. The van der Waals surface area contributed by atoms with E-state index in [4.69, 9.17) is 4.74 Å². The number of carbonyl (C=O) groups is 1. The first-order valence-electron chi connectivity index (χ1n) is 9.45. The summed E-state index contributed by atoms with van der Waals surface area (Å²) in [4.78, 5) is 12.6. The van der Waals surface area contributed by atoms with E-state index in [2.05, 4.69) is 65.1 Å². The number of rotatable bonds is 7. The zero-order chi connectivity index (χ0) is 19.3. The third kappa shape index (κ3) is 4.87. The number of para-hydroxylation sites is 2. The van der Waals surface area contributed by atoms with Crippen molar-refractivity contribution in [2.45, 2.75) is 59.3 Å². The van der Waals surface area contributed by atoms with Crippen molar-refractivity contribution in [2.24, 2.45) is 0 Å². The fourth-order valence-electron chi connectivity index (χ4n) is 3.10. The van der Waals surface area contributed by atoms with Crippen molar-refractivity contribution in [2.75, 3.05) is 11.9 Å². The molecule has 2 aromatic carbocycles. The number of anilines is 1. The molecule has 0 aliphatic heterocycles. The summed E-state index contributed by atoms with van der Waals surface area (Å²) in [6.07, 6.45) is 0. The third-order valence-corrected chi connectivity index (χ3v) is 4.54. The number of hydrogen-bond donors (Lipinski definition) is 1. The van der Waals surface area contributed by atoms with Gasteiger partial charge in [0.1, 0.15) is 5.75 Å². The molecule has 0 unspecified atom stereocenters. The Hall–Kier alpha value is -2.29. The fraction of sp³-hybridized carbons (Fsp3) is 0.435. The second-order valence-corrected chi connectivity index (χ2v) is 7.65. The van der Waals surface area contributed by atoms with Crippen molar-refractivity contribution in [1.29, 1.82) is 0 Å². The molecule has 0 saturated heterocycles. The molecule has 0 saturated carbocycles.